The fraction of sp³-hybridized carbons (Fsp3) is 0.360. The summed E-state index contributed by atoms with van der Waals surface area (Å²) in [6.45, 7) is 8.47. The van der Waals surface area contributed by atoms with Gasteiger partial charge in [0.15, 0.2) is 29.8 Å². The first-order chi connectivity index (χ1) is 32.1. The largest absolute Gasteiger partial charge is 0.497 e. The van der Waals surface area contributed by atoms with E-state index in [-0.39, 0.29) is 37.7 Å². The van der Waals surface area contributed by atoms with Gasteiger partial charge >= 0.3 is 0 Å². The summed E-state index contributed by atoms with van der Waals surface area (Å²) in [5.74, 6) is 4.44. The summed E-state index contributed by atoms with van der Waals surface area (Å²) in [4.78, 5) is 26.8. The van der Waals surface area contributed by atoms with Gasteiger partial charge in [-0.2, -0.15) is 0 Å². The smallest absolute Gasteiger partial charge is 0.263 e. The molecule has 1 aliphatic rings. The first-order valence-corrected chi connectivity index (χ1v) is 22.9. The van der Waals surface area contributed by atoms with E-state index in [0.29, 0.717) is 34.8 Å². The molecular formula is C50H57N6O9P. The van der Waals surface area contributed by atoms with Crippen molar-refractivity contribution < 1.29 is 42.3 Å². The highest BCUT2D eigenvalue weighted by atomic mass is 31.2. The van der Waals surface area contributed by atoms with Gasteiger partial charge in [-0.05, 0) is 80.8 Å². The number of fused-ring (bicyclic) bond motifs is 1. The van der Waals surface area contributed by atoms with E-state index >= 15 is 0 Å². The number of benzene rings is 4. The van der Waals surface area contributed by atoms with E-state index in [0.717, 1.165) is 16.7 Å². The number of para-hydroxylation sites is 1. The minimum Gasteiger partial charge on any atom is -0.497 e. The Bertz CT molecular complexity index is 2450. The van der Waals surface area contributed by atoms with Gasteiger partial charge in [0.05, 0.1) is 33.8 Å². The summed E-state index contributed by atoms with van der Waals surface area (Å²) in [5, 5.41) is 2.83. The average molecular weight is 917 g/mol. The van der Waals surface area contributed by atoms with Crippen LogP contribution in [0.15, 0.2) is 122 Å². The van der Waals surface area contributed by atoms with Crippen molar-refractivity contribution in [3.8, 4) is 29.6 Å². The maximum Gasteiger partial charge on any atom is 0.263 e. The molecule has 0 saturated carbocycles. The number of anilines is 1. The van der Waals surface area contributed by atoms with Crippen LogP contribution in [0.2, 0.25) is 0 Å². The lowest BCUT2D eigenvalue weighted by Gasteiger charge is -2.39. The van der Waals surface area contributed by atoms with Crippen LogP contribution in [0.1, 0.15) is 57.0 Å². The molecule has 5 atom stereocenters. The second kappa shape index (κ2) is 22.5. The molecule has 0 aliphatic carbocycles. The van der Waals surface area contributed by atoms with Crippen molar-refractivity contribution in [3.63, 3.8) is 0 Å². The topological polar surface area (TPSA) is 150 Å². The van der Waals surface area contributed by atoms with Crippen LogP contribution >= 0.6 is 8.53 Å². The van der Waals surface area contributed by atoms with Gasteiger partial charge in [-0.25, -0.2) is 19.6 Å². The van der Waals surface area contributed by atoms with Crippen molar-refractivity contribution in [3.05, 3.63) is 139 Å². The molecule has 2 aromatic heterocycles. The van der Waals surface area contributed by atoms with E-state index < -0.39 is 44.6 Å². The number of ether oxygens (including phenoxy) is 6. The van der Waals surface area contributed by atoms with E-state index in [2.05, 4.69) is 58.6 Å². The van der Waals surface area contributed by atoms with Gasteiger partial charge in [0, 0.05) is 25.6 Å². The minimum absolute atomic E-state index is 0.00913. The molecular weight excluding hydrogens is 860 g/mol. The number of carbonyl (C=O) groups excluding carboxylic acids is 1. The SMILES string of the molecule is C#CCCOP(OC1C(COC(c2ccccc2)(c2ccc(OC)cc2)c2ccc(OC)cc2)OC(n2cnc3c(NC(=O)COc4ccccc4)ncnc32)C1OC)N(C(C)C)C(C)C. The van der Waals surface area contributed by atoms with Crippen LogP contribution in [0.3, 0.4) is 0 Å². The zero-order valence-electron chi connectivity index (χ0n) is 38.3. The monoisotopic (exact) mass is 916 g/mol. The third-order valence-corrected chi connectivity index (χ3v) is 13.2. The van der Waals surface area contributed by atoms with Gasteiger partial charge in [-0.1, -0.05) is 72.8 Å². The van der Waals surface area contributed by atoms with Crippen LogP contribution < -0.4 is 19.5 Å². The van der Waals surface area contributed by atoms with E-state index in [4.69, 9.17) is 43.9 Å². The molecule has 66 heavy (non-hydrogen) atoms. The van der Waals surface area contributed by atoms with Gasteiger partial charge in [0.1, 0.15) is 47.5 Å². The third kappa shape index (κ3) is 10.7. The van der Waals surface area contributed by atoms with E-state index in [1.165, 1.54) is 6.33 Å². The molecule has 16 heteroatoms. The molecule has 0 radical (unpaired) electrons. The Hall–Kier alpha value is -5.95. The first kappa shape index (κ1) is 48.0. The van der Waals surface area contributed by atoms with Crippen molar-refractivity contribution in [2.75, 3.05) is 46.5 Å². The zero-order chi connectivity index (χ0) is 46.6. The number of nitrogens with zero attached hydrogens (tertiary/aromatic N) is 5. The summed E-state index contributed by atoms with van der Waals surface area (Å²) >= 11 is 0. The number of imidazole rings is 1. The van der Waals surface area contributed by atoms with Gasteiger partial charge in [-0.15, -0.1) is 12.3 Å². The fourth-order valence-electron chi connectivity index (χ4n) is 8.10. The van der Waals surface area contributed by atoms with Crippen LogP contribution in [0.5, 0.6) is 17.2 Å². The lowest BCUT2D eigenvalue weighted by Crippen LogP contribution is -2.42. The average Bonchev–Trinajstić information content (AvgIpc) is 3.93. The summed E-state index contributed by atoms with van der Waals surface area (Å²) in [7, 11) is 3.16. The van der Waals surface area contributed by atoms with Crippen LogP contribution in [0, 0.1) is 12.3 Å². The molecule has 1 amide bonds. The Kier molecular flexibility index (Phi) is 16.4. The third-order valence-electron chi connectivity index (χ3n) is 11.1. The lowest BCUT2D eigenvalue weighted by molar-refractivity contribution is -0.118. The molecule has 1 N–H and O–H groups in total. The highest BCUT2D eigenvalue weighted by Gasteiger charge is 2.51. The highest BCUT2D eigenvalue weighted by molar-refractivity contribution is 7.44. The molecule has 15 nitrogen and oxygen atoms in total. The number of methoxy groups -OCH3 is 3. The van der Waals surface area contributed by atoms with E-state index in [9.17, 15) is 4.79 Å². The number of carbonyl (C=O) groups is 1. The molecule has 7 rings (SSSR count). The quantitative estimate of drug-likeness (QED) is 0.0300. The number of hydrogen-bond acceptors (Lipinski definition) is 13. The molecule has 3 heterocycles. The molecule has 0 bridgehead atoms. The summed E-state index contributed by atoms with van der Waals surface area (Å²) in [6.07, 6.45) is 5.91. The molecule has 1 fully saturated rings. The van der Waals surface area contributed by atoms with Crippen molar-refractivity contribution in [2.24, 2.45) is 0 Å². The second-order valence-electron chi connectivity index (χ2n) is 15.9. The maximum absolute atomic E-state index is 13.1. The number of amides is 1. The molecule has 1 saturated heterocycles. The summed E-state index contributed by atoms with van der Waals surface area (Å²) < 4.78 is 55.4. The molecule has 346 valence electrons. The Morgan fingerprint density at radius 2 is 1.42 bits per heavy atom. The van der Waals surface area contributed by atoms with Gasteiger partial charge in [-0.3, -0.25) is 9.36 Å². The Morgan fingerprint density at radius 1 is 0.818 bits per heavy atom. The second-order valence-corrected chi connectivity index (χ2v) is 17.3. The zero-order valence-corrected chi connectivity index (χ0v) is 39.2. The van der Waals surface area contributed by atoms with Gasteiger partial charge in [0.2, 0.25) is 0 Å². The van der Waals surface area contributed by atoms with E-state index in [1.54, 1.807) is 44.4 Å². The van der Waals surface area contributed by atoms with Crippen LogP contribution in [-0.4, -0.2) is 102 Å². The van der Waals surface area contributed by atoms with Crippen LogP contribution in [-0.2, 0) is 33.7 Å². The first-order valence-electron chi connectivity index (χ1n) is 21.7. The Morgan fingerprint density at radius 3 is 2.00 bits per heavy atom. The van der Waals surface area contributed by atoms with Crippen molar-refractivity contribution in [1.29, 1.82) is 0 Å². The molecule has 1 aliphatic heterocycles. The Labute approximate surface area is 387 Å². The Balaban J connectivity index is 1.29. The van der Waals surface area contributed by atoms with Crippen molar-refractivity contribution in [2.45, 2.75) is 76.3 Å². The summed E-state index contributed by atoms with van der Waals surface area (Å²) in [6, 6.07) is 34.9. The van der Waals surface area contributed by atoms with Crippen LogP contribution in [0.4, 0.5) is 5.82 Å². The number of terminal acetylenes is 1. The summed E-state index contributed by atoms with van der Waals surface area (Å²) in [5.41, 5.74) is 2.14. The molecule has 0 spiro atoms. The number of aromatic nitrogens is 4. The van der Waals surface area contributed by atoms with Crippen LogP contribution in [0.25, 0.3) is 11.2 Å². The number of rotatable bonds is 22. The molecule has 6 aromatic rings. The fourth-order valence-corrected chi connectivity index (χ4v) is 9.87. The normalized spacial score (nSPS) is 17.8. The van der Waals surface area contributed by atoms with E-state index in [1.807, 2.05) is 97.1 Å². The minimum atomic E-state index is -1.73. The lowest BCUT2D eigenvalue weighted by atomic mass is 9.80. The van der Waals surface area contributed by atoms with Crippen molar-refractivity contribution >= 4 is 31.4 Å². The highest BCUT2D eigenvalue weighted by Crippen LogP contribution is 2.51. The predicted octanol–water partition coefficient (Wildman–Crippen LogP) is 8.55. The molecule has 4 aromatic carbocycles. The molecule has 5 unspecified atom stereocenters. The van der Waals surface area contributed by atoms with Crippen molar-refractivity contribution in [1.82, 2.24) is 24.2 Å². The predicted molar refractivity (Wildman–Crippen MR) is 252 cm³/mol. The standard InChI is InChI=1S/C50H57N6O9P/c1-9-10-29-63-66(56(34(2)3)35(4)5)65-45-42(30-62-50(36-17-13-11-14-18-36,37-21-25-39(58-6)26-22-37)38-23-27-40(59-7)28-24-38)64-49(46(45)60-8)55-33-53-44-47(51-32-52-48(44)55)54-43(57)31-61-41-19-15-12-16-20-41/h1,11-28,32-35,42,45-46,49H,10,29-31H2,2-8H3,(H,51,52,54,57). The maximum atomic E-state index is 13.1. The van der Waals surface area contributed by atoms with Gasteiger partial charge < -0.3 is 42.8 Å². The number of hydrogen-bond donors (Lipinski definition) is 1. The number of nitrogens with one attached hydrogen (secondary N) is 1. The van der Waals surface area contributed by atoms with Gasteiger partial charge in [0.25, 0.3) is 14.4 Å².